The number of ether oxygens (including phenoxy) is 2. The maximum atomic E-state index is 5.82. The number of rotatable bonds is 7. The van der Waals surface area contributed by atoms with Crippen LogP contribution >= 0.6 is 0 Å². The number of hydrogen-bond donors (Lipinski definition) is 1. The van der Waals surface area contributed by atoms with Crippen molar-refractivity contribution in [3.05, 3.63) is 24.0 Å². The molecule has 1 aliphatic heterocycles. The van der Waals surface area contributed by atoms with Crippen molar-refractivity contribution in [1.29, 1.82) is 0 Å². The number of aromatic nitrogens is 1. The molecule has 1 aromatic rings. The SMILES string of the molecule is CCCNCc1ccncc1OCC1CCCO1. The quantitative estimate of drug-likeness (QED) is 0.753. The minimum absolute atomic E-state index is 0.252. The first kappa shape index (κ1) is 13.3. The third-order valence-electron chi connectivity index (χ3n) is 3.06. The van der Waals surface area contributed by atoms with Gasteiger partial charge in [0, 0.05) is 24.9 Å². The molecule has 0 spiro atoms. The predicted molar refractivity (Wildman–Crippen MR) is 70.7 cm³/mol. The molecule has 0 saturated carbocycles. The summed E-state index contributed by atoms with van der Waals surface area (Å²) in [4.78, 5) is 4.13. The Morgan fingerprint density at radius 3 is 3.28 bits per heavy atom. The summed E-state index contributed by atoms with van der Waals surface area (Å²) >= 11 is 0. The maximum Gasteiger partial charge on any atom is 0.142 e. The maximum absolute atomic E-state index is 5.82. The molecule has 0 aliphatic carbocycles. The third-order valence-corrected chi connectivity index (χ3v) is 3.06. The highest BCUT2D eigenvalue weighted by Crippen LogP contribution is 2.19. The van der Waals surface area contributed by atoms with Crippen molar-refractivity contribution in [3.8, 4) is 5.75 Å². The molecule has 1 atom stereocenters. The second-order valence-electron chi connectivity index (χ2n) is 4.61. The van der Waals surface area contributed by atoms with Gasteiger partial charge in [0.05, 0.1) is 12.3 Å². The molecule has 2 rings (SSSR count). The topological polar surface area (TPSA) is 43.4 Å². The van der Waals surface area contributed by atoms with E-state index >= 15 is 0 Å². The molecule has 0 radical (unpaired) electrons. The van der Waals surface area contributed by atoms with Crippen LogP contribution in [0.5, 0.6) is 5.75 Å². The van der Waals surface area contributed by atoms with E-state index in [1.54, 1.807) is 6.20 Å². The van der Waals surface area contributed by atoms with Gasteiger partial charge in [-0.2, -0.15) is 0 Å². The van der Waals surface area contributed by atoms with Gasteiger partial charge in [0.15, 0.2) is 0 Å². The van der Waals surface area contributed by atoms with Crippen molar-refractivity contribution < 1.29 is 9.47 Å². The monoisotopic (exact) mass is 250 g/mol. The largest absolute Gasteiger partial charge is 0.489 e. The second kappa shape index (κ2) is 7.34. The molecule has 100 valence electrons. The van der Waals surface area contributed by atoms with E-state index in [4.69, 9.17) is 9.47 Å². The third kappa shape index (κ3) is 3.96. The molecule has 1 fully saturated rings. The van der Waals surface area contributed by atoms with E-state index in [0.717, 1.165) is 50.3 Å². The van der Waals surface area contributed by atoms with E-state index in [0.29, 0.717) is 6.61 Å². The van der Waals surface area contributed by atoms with E-state index in [-0.39, 0.29) is 6.10 Å². The zero-order chi connectivity index (χ0) is 12.6. The van der Waals surface area contributed by atoms with Crippen molar-refractivity contribution in [2.24, 2.45) is 0 Å². The first-order valence-electron chi connectivity index (χ1n) is 6.78. The van der Waals surface area contributed by atoms with Crippen LogP contribution in [0.15, 0.2) is 18.5 Å². The van der Waals surface area contributed by atoms with Crippen molar-refractivity contribution >= 4 is 0 Å². The Bertz CT molecular complexity index is 351. The fraction of sp³-hybridized carbons (Fsp3) is 0.643. The Morgan fingerprint density at radius 1 is 1.56 bits per heavy atom. The summed E-state index contributed by atoms with van der Waals surface area (Å²) in [6.45, 7) is 5.51. The van der Waals surface area contributed by atoms with Gasteiger partial charge in [-0.15, -0.1) is 0 Å². The summed E-state index contributed by atoms with van der Waals surface area (Å²) in [5.41, 5.74) is 1.16. The first-order valence-corrected chi connectivity index (χ1v) is 6.78. The van der Waals surface area contributed by atoms with Gasteiger partial charge in [-0.3, -0.25) is 4.98 Å². The summed E-state index contributed by atoms with van der Waals surface area (Å²) in [7, 11) is 0. The molecule has 1 aliphatic rings. The van der Waals surface area contributed by atoms with Gasteiger partial charge in [0.25, 0.3) is 0 Å². The van der Waals surface area contributed by atoms with E-state index < -0.39 is 0 Å². The van der Waals surface area contributed by atoms with Crippen LogP contribution in [0.25, 0.3) is 0 Å². The molecule has 0 aromatic carbocycles. The van der Waals surface area contributed by atoms with Crippen LogP contribution in [0.4, 0.5) is 0 Å². The molecule has 2 heterocycles. The standard InChI is InChI=1S/C14H22N2O2/c1-2-6-15-9-12-5-7-16-10-14(12)18-11-13-4-3-8-17-13/h5,7,10,13,15H,2-4,6,8-9,11H2,1H3. The fourth-order valence-electron chi connectivity index (χ4n) is 2.04. The Kier molecular flexibility index (Phi) is 5.42. The lowest BCUT2D eigenvalue weighted by Crippen LogP contribution is -2.19. The zero-order valence-corrected chi connectivity index (χ0v) is 11.0. The van der Waals surface area contributed by atoms with Gasteiger partial charge >= 0.3 is 0 Å². The summed E-state index contributed by atoms with van der Waals surface area (Å²) < 4.78 is 11.4. The van der Waals surface area contributed by atoms with Crippen molar-refractivity contribution in [1.82, 2.24) is 10.3 Å². The van der Waals surface area contributed by atoms with Crippen LogP contribution in [-0.2, 0) is 11.3 Å². The molecule has 1 saturated heterocycles. The summed E-state index contributed by atoms with van der Waals surface area (Å²) in [5.74, 6) is 0.872. The smallest absolute Gasteiger partial charge is 0.142 e. The molecule has 1 aromatic heterocycles. The highest BCUT2D eigenvalue weighted by atomic mass is 16.5. The van der Waals surface area contributed by atoms with Crippen molar-refractivity contribution in [3.63, 3.8) is 0 Å². The molecular weight excluding hydrogens is 228 g/mol. The van der Waals surface area contributed by atoms with Gasteiger partial charge in [-0.25, -0.2) is 0 Å². The van der Waals surface area contributed by atoms with Gasteiger partial charge in [-0.05, 0) is 31.9 Å². The molecule has 1 N–H and O–H groups in total. The molecule has 18 heavy (non-hydrogen) atoms. The van der Waals surface area contributed by atoms with Crippen molar-refractivity contribution in [2.75, 3.05) is 19.8 Å². The molecule has 4 heteroatoms. The molecular formula is C14H22N2O2. The Morgan fingerprint density at radius 2 is 2.50 bits per heavy atom. The minimum atomic E-state index is 0.252. The number of pyridine rings is 1. The van der Waals surface area contributed by atoms with Crippen LogP contribution in [0, 0.1) is 0 Å². The zero-order valence-electron chi connectivity index (χ0n) is 11.0. The fourth-order valence-corrected chi connectivity index (χ4v) is 2.04. The number of nitrogens with one attached hydrogen (secondary N) is 1. The normalized spacial score (nSPS) is 19.1. The van der Waals surface area contributed by atoms with Crippen LogP contribution in [0.1, 0.15) is 31.7 Å². The molecule has 4 nitrogen and oxygen atoms in total. The van der Waals surface area contributed by atoms with Gasteiger partial charge in [-0.1, -0.05) is 6.92 Å². The molecule has 1 unspecified atom stereocenters. The highest BCUT2D eigenvalue weighted by Gasteiger charge is 2.16. The van der Waals surface area contributed by atoms with Gasteiger partial charge in [0.2, 0.25) is 0 Å². The van der Waals surface area contributed by atoms with Crippen LogP contribution < -0.4 is 10.1 Å². The van der Waals surface area contributed by atoms with Crippen molar-refractivity contribution in [2.45, 2.75) is 38.8 Å². The first-order chi connectivity index (χ1) is 8.90. The lowest BCUT2D eigenvalue weighted by Gasteiger charge is -2.14. The minimum Gasteiger partial charge on any atom is -0.489 e. The van der Waals surface area contributed by atoms with E-state index in [2.05, 4.69) is 17.2 Å². The number of hydrogen-bond acceptors (Lipinski definition) is 4. The van der Waals surface area contributed by atoms with E-state index in [1.165, 1.54) is 0 Å². The lowest BCUT2D eigenvalue weighted by molar-refractivity contribution is 0.0674. The van der Waals surface area contributed by atoms with Crippen LogP contribution in [0.2, 0.25) is 0 Å². The lowest BCUT2D eigenvalue weighted by atomic mass is 10.2. The summed E-state index contributed by atoms with van der Waals surface area (Å²) in [6, 6.07) is 2.01. The summed E-state index contributed by atoms with van der Waals surface area (Å²) in [6.07, 6.45) is 7.23. The number of nitrogens with zero attached hydrogens (tertiary/aromatic N) is 1. The average molecular weight is 250 g/mol. The molecule has 0 amide bonds. The second-order valence-corrected chi connectivity index (χ2v) is 4.61. The molecule has 0 bridgehead atoms. The summed E-state index contributed by atoms with van der Waals surface area (Å²) in [5, 5.41) is 3.38. The van der Waals surface area contributed by atoms with Crippen LogP contribution in [-0.4, -0.2) is 30.8 Å². The Labute approximate surface area is 109 Å². The predicted octanol–water partition coefficient (Wildman–Crippen LogP) is 2.14. The highest BCUT2D eigenvalue weighted by molar-refractivity contribution is 5.29. The van der Waals surface area contributed by atoms with Gasteiger partial charge < -0.3 is 14.8 Å². The average Bonchev–Trinajstić information content (AvgIpc) is 2.91. The van der Waals surface area contributed by atoms with Gasteiger partial charge in [0.1, 0.15) is 12.4 Å². The Balaban J connectivity index is 1.85. The van der Waals surface area contributed by atoms with E-state index in [1.807, 2.05) is 12.3 Å². The Hall–Kier alpha value is -1.13. The van der Waals surface area contributed by atoms with E-state index in [9.17, 15) is 0 Å². The van der Waals surface area contributed by atoms with Crippen LogP contribution in [0.3, 0.4) is 0 Å².